The molecule has 92 valence electrons. The van der Waals surface area contributed by atoms with Crippen molar-refractivity contribution < 1.29 is 9.59 Å². The molecule has 0 spiro atoms. The molecular weight excluding hydrogens is 220 g/mol. The lowest BCUT2D eigenvalue weighted by Gasteiger charge is -2.06. The van der Waals surface area contributed by atoms with Crippen LogP contribution in [0.15, 0.2) is 24.3 Å². The molecule has 0 unspecified atom stereocenters. The molecule has 2 amide bonds. The fraction of sp³-hybridized carbons (Fsp3) is 0.273. The summed E-state index contributed by atoms with van der Waals surface area (Å²) < 4.78 is 0. The van der Waals surface area contributed by atoms with Crippen LogP contribution in [0.25, 0.3) is 0 Å². The van der Waals surface area contributed by atoms with Crippen molar-refractivity contribution in [3.63, 3.8) is 0 Å². The van der Waals surface area contributed by atoms with Gasteiger partial charge in [0.1, 0.15) is 0 Å². The van der Waals surface area contributed by atoms with Gasteiger partial charge in [0, 0.05) is 24.3 Å². The second-order valence-corrected chi connectivity index (χ2v) is 3.45. The molecule has 0 aliphatic heterocycles. The highest BCUT2D eigenvalue weighted by Crippen LogP contribution is 2.05. The zero-order valence-electron chi connectivity index (χ0n) is 9.40. The maximum absolute atomic E-state index is 11.6. The fourth-order valence-corrected chi connectivity index (χ4v) is 1.22. The van der Waals surface area contributed by atoms with E-state index >= 15 is 0 Å². The minimum absolute atomic E-state index is 0.0758. The molecular formula is C11H16N4O2. The van der Waals surface area contributed by atoms with E-state index in [0.717, 1.165) is 0 Å². The normalized spacial score (nSPS) is 9.71. The van der Waals surface area contributed by atoms with Crippen molar-refractivity contribution in [1.82, 2.24) is 10.6 Å². The van der Waals surface area contributed by atoms with Gasteiger partial charge in [-0.15, -0.1) is 0 Å². The van der Waals surface area contributed by atoms with Crippen molar-refractivity contribution in [2.45, 2.75) is 0 Å². The summed E-state index contributed by atoms with van der Waals surface area (Å²) >= 11 is 0. The van der Waals surface area contributed by atoms with E-state index in [1.807, 2.05) is 0 Å². The molecule has 0 radical (unpaired) electrons. The molecule has 1 rings (SSSR count). The SMILES string of the molecule is NCCNC(=O)CNC(=O)c1cccc(N)c1. The molecule has 6 heteroatoms. The van der Waals surface area contributed by atoms with Crippen LogP contribution >= 0.6 is 0 Å². The van der Waals surface area contributed by atoms with Crippen molar-refractivity contribution in [3.8, 4) is 0 Å². The van der Waals surface area contributed by atoms with Gasteiger partial charge < -0.3 is 22.1 Å². The van der Waals surface area contributed by atoms with E-state index in [1.165, 1.54) is 0 Å². The molecule has 0 saturated carbocycles. The molecule has 0 aromatic heterocycles. The lowest BCUT2D eigenvalue weighted by Crippen LogP contribution is -2.38. The van der Waals surface area contributed by atoms with Crippen molar-refractivity contribution in [3.05, 3.63) is 29.8 Å². The summed E-state index contributed by atoms with van der Waals surface area (Å²) in [5.41, 5.74) is 11.7. The first-order valence-electron chi connectivity index (χ1n) is 5.24. The summed E-state index contributed by atoms with van der Waals surface area (Å²) in [4.78, 5) is 22.8. The smallest absolute Gasteiger partial charge is 0.251 e. The topological polar surface area (TPSA) is 110 Å². The Labute approximate surface area is 99.4 Å². The Hall–Kier alpha value is -2.08. The van der Waals surface area contributed by atoms with Crippen LogP contribution in [-0.4, -0.2) is 31.4 Å². The summed E-state index contributed by atoms with van der Waals surface area (Å²) in [6, 6.07) is 6.54. The number of carbonyl (C=O) groups is 2. The van der Waals surface area contributed by atoms with Gasteiger partial charge >= 0.3 is 0 Å². The number of nitrogens with one attached hydrogen (secondary N) is 2. The van der Waals surface area contributed by atoms with Gasteiger partial charge in [0.15, 0.2) is 0 Å². The molecule has 6 N–H and O–H groups in total. The highest BCUT2D eigenvalue weighted by atomic mass is 16.2. The lowest BCUT2D eigenvalue weighted by molar-refractivity contribution is -0.120. The zero-order valence-corrected chi connectivity index (χ0v) is 9.40. The average molecular weight is 236 g/mol. The number of hydrogen-bond acceptors (Lipinski definition) is 4. The van der Waals surface area contributed by atoms with E-state index in [9.17, 15) is 9.59 Å². The summed E-state index contributed by atoms with van der Waals surface area (Å²) in [6.45, 7) is 0.690. The summed E-state index contributed by atoms with van der Waals surface area (Å²) in [7, 11) is 0. The van der Waals surface area contributed by atoms with Gasteiger partial charge in [-0.05, 0) is 18.2 Å². The Morgan fingerprint density at radius 1 is 1.24 bits per heavy atom. The summed E-state index contributed by atoms with van der Waals surface area (Å²) in [5, 5.41) is 5.03. The van der Waals surface area contributed by atoms with E-state index in [4.69, 9.17) is 11.5 Å². The van der Waals surface area contributed by atoms with Crippen LogP contribution in [0.5, 0.6) is 0 Å². The highest BCUT2D eigenvalue weighted by Gasteiger charge is 2.07. The minimum Gasteiger partial charge on any atom is -0.399 e. The number of benzene rings is 1. The third kappa shape index (κ3) is 4.52. The number of rotatable bonds is 5. The Morgan fingerprint density at radius 3 is 2.65 bits per heavy atom. The van der Waals surface area contributed by atoms with Crippen LogP contribution in [0.1, 0.15) is 10.4 Å². The van der Waals surface area contributed by atoms with Gasteiger partial charge in [0.05, 0.1) is 6.54 Å². The summed E-state index contributed by atoms with van der Waals surface area (Å²) in [6.07, 6.45) is 0. The van der Waals surface area contributed by atoms with E-state index in [1.54, 1.807) is 24.3 Å². The molecule has 0 saturated heterocycles. The molecule has 0 aliphatic rings. The van der Waals surface area contributed by atoms with Crippen LogP contribution < -0.4 is 22.1 Å². The molecule has 0 heterocycles. The molecule has 0 bridgehead atoms. The molecule has 0 aliphatic carbocycles. The Balaban J connectivity index is 2.42. The lowest BCUT2D eigenvalue weighted by atomic mass is 10.2. The number of nitrogens with two attached hydrogens (primary N) is 2. The molecule has 17 heavy (non-hydrogen) atoms. The maximum Gasteiger partial charge on any atom is 0.251 e. The van der Waals surface area contributed by atoms with E-state index < -0.39 is 0 Å². The van der Waals surface area contributed by atoms with E-state index in [-0.39, 0.29) is 18.4 Å². The van der Waals surface area contributed by atoms with E-state index in [0.29, 0.717) is 24.3 Å². The van der Waals surface area contributed by atoms with Crippen LogP contribution in [0, 0.1) is 0 Å². The van der Waals surface area contributed by atoms with Gasteiger partial charge in [-0.25, -0.2) is 0 Å². The Morgan fingerprint density at radius 2 is 2.00 bits per heavy atom. The van der Waals surface area contributed by atoms with Gasteiger partial charge in [-0.3, -0.25) is 9.59 Å². The average Bonchev–Trinajstić information content (AvgIpc) is 2.33. The number of amides is 2. The predicted octanol–water partition coefficient (Wildman–Crippen LogP) is -0.926. The van der Waals surface area contributed by atoms with Crippen LogP contribution in [0.2, 0.25) is 0 Å². The minimum atomic E-state index is -0.333. The molecule has 1 aromatic carbocycles. The molecule has 0 fully saturated rings. The predicted molar refractivity (Wildman–Crippen MR) is 65.3 cm³/mol. The Kier molecular flexibility index (Phi) is 4.96. The number of nitrogen functional groups attached to an aromatic ring is 1. The maximum atomic E-state index is 11.6. The van der Waals surface area contributed by atoms with Crippen molar-refractivity contribution >= 4 is 17.5 Å². The summed E-state index contributed by atoms with van der Waals surface area (Å²) in [5.74, 6) is -0.604. The second-order valence-electron chi connectivity index (χ2n) is 3.45. The van der Waals surface area contributed by atoms with Gasteiger partial charge in [0.25, 0.3) is 5.91 Å². The van der Waals surface area contributed by atoms with E-state index in [2.05, 4.69) is 10.6 Å². The van der Waals surface area contributed by atoms with Crippen molar-refractivity contribution in [1.29, 1.82) is 0 Å². The molecule has 0 atom stereocenters. The Bertz CT molecular complexity index is 406. The van der Waals surface area contributed by atoms with Gasteiger partial charge in [0.2, 0.25) is 5.91 Å². The first-order chi connectivity index (χ1) is 8.13. The third-order valence-corrected chi connectivity index (χ3v) is 2.02. The van der Waals surface area contributed by atoms with Crippen LogP contribution in [0.4, 0.5) is 5.69 Å². The number of hydrogen-bond donors (Lipinski definition) is 4. The third-order valence-electron chi connectivity index (χ3n) is 2.02. The molecule has 1 aromatic rings. The van der Waals surface area contributed by atoms with Gasteiger partial charge in [-0.1, -0.05) is 6.07 Å². The van der Waals surface area contributed by atoms with Crippen LogP contribution in [-0.2, 0) is 4.79 Å². The first kappa shape index (κ1) is 13.0. The molecule has 6 nitrogen and oxygen atoms in total. The largest absolute Gasteiger partial charge is 0.399 e. The van der Waals surface area contributed by atoms with Crippen molar-refractivity contribution in [2.24, 2.45) is 5.73 Å². The first-order valence-corrected chi connectivity index (χ1v) is 5.24. The van der Waals surface area contributed by atoms with Crippen LogP contribution in [0.3, 0.4) is 0 Å². The second kappa shape index (κ2) is 6.49. The number of anilines is 1. The number of carbonyl (C=O) groups excluding carboxylic acids is 2. The monoisotopic (exact) mass is 236 g/mol. The highest BCUT2D eigenvalue weighted by molar-refractivity contribution is 5.97. The zero-order chi connectivity index (χ0) is 12.7. The fourth-order valence-electron chi connectivity index (χ4n) is 1.22. The quantitative estimate of drug-likeness (QED) is 0.495. The standard InChI is InChI=1S/C11H16N4O2/c12-4-5-14-10(16)7-15-11(17)8-2-1-3-9(13)6-8/h1-3,6H,4-5,7,12-13H2,(H,14,16)(H,15,17). The van der Waals surface area contributed by atoms with Gasteiger partial charge in [-0.2, -0.15) is 0 Å². The van der Waals surface area contributed by atoms with Crippen molar-refractivity contribution in [2.75, 3.05) is 25.4 Å².